The van der Waals surface area contributed by atoms with Crippen molar-refractivity contribution in [3.63, 3.8) is 0 Å². The van der Waals surface area contributed by atoms with Crippen molar-refractivity contribution in [2.45, 2.75) is 26.2 Å². The molecule has 0 radical (unpaired) electrons. The summed E-state index contributed by atoms with van der Waals surface area (Å²) in [5.41, 5.74) is 1.15. The Kier molecular flexibility index (Phi) is 3.33. The first kappa shape index (κ1) is 11.7. The van der Waals surface area contributed by atoms with Crippen molar-refractivity contribution >= 4 is 23.2 Å². The molecule has 0 saturated heterocycles. The van der Waals surface area contributed by atoms with E-state index in [0.717, 1.165) is 5.56 Å². The largest absolute Gasteiger partial charge is 0.494 e. The van der Waals surface area contributed by atoms with Crippen LogP contribution in [0.5, 0.6) is 5.75 Å². The lowest BCUT2D eigenvalue weighted by atomic mass is 9.87. The molecule has 0 fully saturated rings. The second-order valence-corrected chi connectivity index (χ2v) is 5.04. The smallest absolute Gasteiger partial charge is 0.156 e. The standard InChI is InChI=1S/C11H14Cl2O/c1-11(2,3)7-5-8(12)10(14-4)9(13)6-7/h5-6H,1-4H3. The molecular formula is C11H14Cl2O. The van der Waals surface area contributed by atoms with E-state index in [-0.39, 0.29) is 5.41 Å². The number of halogens is 2. The number of hydrogen-bond acceptors (Lipinski definition) is 1. The van der Waals surface area contributed by atoms with Crippen LogP contribution < -0.4 is 4.74 Å². The Morgan fingerprint density at radius 1 is 1.07 bits per heavy atom. The van der Waals surface area contributed by atoms with Crippen molar-refractivity contribution in [1.82, 2.24) is 0 Å². The molecule has 78 valence electrons. The highest BCUT2D eigenvalue weighted by atomic mass is 35.5. The average molecular weight is 233 g/mol. The third-order valence-electron chi connectivity index (χ3n) is 2.07. The summed E-state index contributed by atoms with van der Waals surface area (Å²) in [6.45, 7) is 6.34. The predicted octanol–water partition coefficient (Wildman–Crippen LogP) is 4.30. The van der Waals surface area contributed by atoms with E-state index in [1.165, 1.54) is 0 Å². The molecule has 3 heteroatoms. The van der Waals surface area contributed by atoms with Crippen molar-refractivity contribution in [1.29, 1.82) is 0 Å². The number of benzene rings is 1. The minimum absolute atomic E-state index is 0.0412. The first-order valence-corrected chi connectivity index (χ1v) is 5.15. The van der Waals surface area contributed by atoms with Gasteiger partial charge in [-0.2, -0.15) is 0 Å². The Balaban J connectivity index is 3.28. The fraction of sp³-hybridized carbons (Fsp3) is 0.455. The van der Waals surface area contributed by atoms with Gasteiger partial charge in [0.1, 0.15) is 0 Å². The maximum atomic E-state index is 6.03. The van der Waals surface area contributed by atoms with E-state index >= 15 is 0 Å². The summed E-state index contributed by atoms with van der Waals surface area (Å²) >= 11 is 12.1. The minimum Gasteiger partial charge on any atom is -0.494 e. The van der Waals surface area contributed by atoms with E-state index in [4.69, 9.17) is 27.9 Å². The average Bonchev–Trinajstić information content (AvgIpc) is 2.01. The molecule has 1 nitrogen and oxygen atoms in total. The number of hydrogen-bond donors (Lipinski definition) is 0. The Bertz CT molecular complexity index is 317. The molecular weight excluding hydrogens is 219 g/mol. The fourth-order valence-electron chi connectivity index (χ4n) is 1.19. The maximum Gasteiger partial charge on any atom is 0.156 e. The van der Waals surface area contributed by atoms with Crippen LogP contribution in [0.1, 0.15) is 26.3 Å². The summed E-state index contributed by atoms with van der Waals surface area (Å²) in [7, 11) is 1.56. The topological polar surface area (TPSA) is 9.23 Å². The monoisotopic (exact) mass is 232 g/mol. The lowest BCUT2D eigenvalue weighted by Crippen LogP contribution is -2.11. The van der Waals surface area contributed by atoms with Crippen molar-refractivity contribution < 1.29 is 4.74 Å². The van der Waals surface area contributed by atoms with Crippen LogP contribution in [-0.2, 0) is 5.41 Å². The first-order valence-electron chi connectivity index (χ1n) is 4.40. The van der Waals surface area contributed by atoms with E-state index in [1.54, 1.807) is 7.11 Å². The lowest BCUT2D eigenvalue weighted by molar-refractivity contribution is 0.414. The van der Waals surface area contributed by atoms with Crippen molar-refractivity contribution in [3.05, 3.63) is 27.7 Å². The van der Waals surface area contributed by atoms with Crippen LogP contribution >= 0.6 is 23.2 Å². The quantitative estimate of drug-likeness (QED) is 0.702. The third kappa shape index (κ3) is 2.34. The molecule has 0 heterocycles. The summed E-state index contributed by atoms with van der Waals surface area (Å²) in [6, 6.07) is 3.79. The first-order chi connectivity index (χ1) is 6.36. The van der Waals surface area contributed by atoms with E-state index in [9.17, 15) is 0 Å². The van der Waals surface area contributed by atoms with Crippen LogP contribution in [-0.4, -0.2) is 7.11 Å². The zero-order valence-electron chi connectivity index (χ0n) is 8.82. The van der Waals surface area contributed by atoms with Gasteiger partial charge in [0, 0.05) is 0 Å². The van der Waals surface area contributed by atoms with Gasteiger partial charge >= 0.3 is 0 Å². The molecule has 0 N–H and O–H groups in total. The van der Waals surface area contributed by atoms with Crippen molar-refractivity contribution in [3.8, 4) is 5.75 Å². The van der Waals surface area contributed by atoms with Gasteiger partial charge in [-0.3, -0.25) is 0 Å². The summed E-state index contributed by atoms with van der Waals surface area (Å²) in [6.07, 6.45) is 0. The van der Waals surface area contributed by atoms with Gasteiger partial charge < -0.3 is 4.74 Å². The van der Waals surface area contributed by atoms with Crippen LogP contribution in [0.15, 0.2) is 12.1 Å². The molecule has 1 aromatic carbocycles. The molecule has 0 spiro atoms. The van der Waals surface area contributed by atoms with Gasteiger partial charge in [0.15, 0.2) is 5.75 Å². The molecule has 14 heavy (non-hydrogen) atoms. The van der Waals surface area contributed by atoms with Crippen LogP contribution in [0.3, 0.4) is 0 Å². The molecule has 0 saturated carbocycles. The van der Waals surface area contributed by atoms with Gasteiger partial charge in [-0.15, -0.1) is 0 Å². The molecule has 0 unspecified atom stereocenters. The lowest BCUT2D eigenvalue weighted by Gasteiger charge is -2.20. The molecule has 0 bridgehead atoms. The maximum absolute atomic E-state index is 6.03. The van der Waals surface area contributed by atoms with Crippen LogP contribution in [0.2, 0.25) is 10.0 Å². The van der Waals surface area contributed by atoms with Gasteiger partial charge in [-0.1, -0.05) is 44.0 Å². The summed E-state index contributed by atoms with van der Waals surface area (Å²) in [5, 5.41) is 1.12. The highest BCUT2D eigenvalue weighted by Crippen LogP contribution is 2.37. The molecule has 0 aliphatic heterocycles. The Morgan fingerprint density at radius 2 is 1.50 bits per heavy atom. The van der Waals surface area contributed by atoms with Crippen molar-refractivity contribution in [2.75, 3.05) is 7.11 Å². The van der Waals surface area contributed by atoms with Gasteiger partial charge in [0.05, 0.1) is 17.2 Å². The highest BCUT2D eigenvalue weighted by molar-refractivity contribution is 6.37. The number of methoxy groups -OCH3 is 1. The van der Waals surface area contributed by atoms with E-state index in [2.05, 4.69) is 20.8 Å². The normalized spacial score (nSPS) is 11.6. The van der Waals surface area contributed by atoms with Crippen LogP contribution in [0.25, 0.3) is 0 Å². The number of ether oxygens (including phenoxy) is 1. The van der Waals surface area contributed by atoms with Gasteiger partial charge in [0.25, 0.3) is 0 Å². The Labute approximate surface area is 95.0 Å². The van der Waals surface area contributed by atoms with E-state index < -0.39 is 0 Å². The molecule has 0 atom stereocenters. The van der Waals surface area contributed by atoms with E-state index in [1.807, 2.05) is 12.1 Å². The van der Waals surface area contributed by atoms with Gasteiger partial charge in [-0.05, 0) is 23.1 Å². The molecule has 0 aromatic heterocycles. The molecule has 1 rings (SSSR count). The van der Waals surface area contributed by atoms with E-state index in [0.29, 0.717) is 15.8 Å². The molecule has 0 aliphatic carbocycles. The SMILES string of the molecule is COc1c(Cl)cc(C(C)(C)C)cc1Cl. The van der Waals surface area contributed by atoms with Crippen LogP contribution in [0, 0.1) is 0 Å². The zero-order valence-corrected chi connectivity index (χ0v) is 10.3. The van der Waals surface area contributed by atoms with Crippen molar-refractivity contribution in [2.24, 2.45) is 0 Å². The minimum atomic E-state index is 0.0412. The number of rotatable bonds is 1. The second-order valence-electron chi connectivity index (χ2n) is 4.22. The highest BCUT2D eigenvalue weighted by Gasteiger charge is 2.17. The summed E-state index contributed by atoms with van der Waals surface area (Å²) < 4.78 is 5.08. The second kappa shape index (κ2) is 4.00. The Hall–Kier alpha value is -0.400. The molecule has 0 amide bonds. The summed E-state index contributed by atoms with van der Waals surface area (Å²) in [4.78, 5) is 0. The van der Waals surface area contributed by atoms with Gasteiger partial charge in [-0.25, -0.2) is 0 Å². The molecule has 1 aromatic rings. The zero-order chi connectivity index (χ0) is 10.9. The molecule has 0 aliphatic rings. The Morgan fingerprint density at radius 3 is 1.79 bits per heavy atom. The predicted molar refractivity (Wildman–Crippen MR) is 61.7 cm³/mol. The van der Waals surface area contributed by atoms with Gasteiger partial charge in [0.2, 0.25) is 0 Å². The van der Waals surface area contributed by atoms with Crippen LogP contribution in [0.4, 0.5) is 0 Å². The third-order valence-corrected chi connectivity index (χ3v) is 2.63. The fourth-order valence-corrected chi connectivity index (χ4v) is 1.83. The summed E-state index contributed by atoms with van der Waals surface area (Å²) in [5.74, 6) is 0.543.